The lowest BCUT2D eigenvalue weighted by atomic mass is 10.1. The van der Waals surface area contributed by atoms with Gasteiger partial charge in [0.15, 0.2) is 0 Å². The molecule has 2 aromatic rings. The number of furan rings is 1. The number of aryl methyl sites for hydroxylation is 1. The first-order chi connectivity index (χ1) is 10.2. The normalized spacial score (nSPS) is 19.3. The molecule has 2 aromatic heterocycles. The highest BCUT2D eigenvalue weighted by molar-refractivity contribution is 5.89. The second-order valence-electron chi connectivity index (χ2n) is 5.42. The molecule has 0 unspecified atom stereocenters. The van der Waals surface area contributed by atoms with Crippen LogP contribution in [0.4, 0.5) is 10.5 Å². The van der Waals surface area contributed by atoms with Gasteiger partial charge in [-0.25, -0.2) is 4.79 Å². The molecule has 112 valence electrons. The number of carbonyl (C=O) groups is 1. The zero-order chi connectivity index (χ0) is 14.7. The molecule has 0 saturated carbocycles. The van der Waals surface area contributed by atoms with Crippen molar-refractivity contribution < 1.29 is 9.21 Å². The van der Waals surface area contributed by atoms with E-state index in [0.717, 1.165) is 43.7 Å². The summed E-state index contributed by atoms with van der Waals surface area (Å²) < 4.78 is 5.75. The average molecular weight is 288 g/mol. The Labute approximate surface area is 123 Å². The van der Waals surface area contributed by atoms with Gasteiger partial charge in [0.05, 0.1) is 17.9 Å². The minimum absolute atomic E-state index is 0.00750. The maximum atomic E-state index is 12.5. The van der Waals surface area contributed by atoms with E-state index in [2.05, 4.69) is 15.5 Å². The number of carbonyl (C=O) groups excluding carboxylic acids is 1. The summed E-state index contributed by atoms with van der Waals surface area (Å²) in [6, 6.07) is 3.83. The van der Waals surface area contributed by atoms with Crippen molar-refractivity contribution in [2.24, 2.45) is 0 Å². The topological polar surface area (TPSA) is 74.2 Å². The Morgan fingerprint density at radius 2 is 2.33 bits per heavy atom. The predicted octanol–water partition coefficient (Wildman–Crippen LogP) is 3.46. The fraction of sp³-hybridized carbons (Fsp3) is 0.467. The molecular weight excluding hydrogens is 268 g/mol. The van der Waals surface area contributed by atoms with Crippen molar-refractivity contribution >= 4 is 11.7 Å². The molecule has 0 spiro atoms. The smallest absolute Gasteiger partial charge is 0.322 e. The van der Waals surface area contributed by atoms with Crippen LogP contribution in [-0.4, -0.2) is 27.7 Å². The van der Waals surface area contributed by atoms with Crippen LogP contribution in [0.1, 0.15) is 43.2 Å². The van der Waals surface area contributed by atoms with Gasteiger partial charge in [0.2, 0.25) is 0 Å². The lowest BCUT2D eigenvalue weighted by molar-refractivity contribution is 0.178. The molecule has 0 bridgehead atoms. The van der Waals surface area contributed by atoms with Gasteiger partial charge < -0.3 is 14.6 Å². The first kappa shape index (κ1) is 13.7. The minimum Gasteiger partial charge on any atom is -0.464 e. The average Bonchev–Trinajstić information content (AvgIpc) is 3.05. The van der Waals surface area contributed by atoms with Crippen molar-refractivity contribution in [3.05, 3.63) is 36.0 Å². The summed E-state index contributed by atoms with van der Waals surface area (Å²) in [6.45, 7) is 2.67. The van der Waals surface area contributed by atoms with Gasteiger partial charge in [0.1, 0.15) is 11.5 Å². The van der Waals surface area contributed by atoms with E-state index in [0.29, 0.717) is 5.69 Å². The predicted molar refractivity (Wildman–Crippen MR) is 79.0 cm³/mol. The molecule has 1 aliphatic rings. The molecule has 0 radical (unpaired) electrons. The number of hydrogen-bond acceptors (Lipinski definition) is 3. The fourth-order valence-electron chi connectivity index (χ4n) is 2.79. The second kappa shape index (κ2) is 6.03. The highest BCUT2D eigenvalue weighted by Gasteiger charge is 2.29. The molecule has 0 aromatic carbocycles. The number of aromatic amines is 1. The van der Waals surface area contributed by atoms with Gasteiger partial charge in [0, 0.05) is 12.7 Å². The van der Waals surface area contributed by atoms with Crippen molar-refractivity contribution in [2.75, 3.05) is 11.9 Å². The molecule has 0 aliphatic carbocycles. The highest BCUT2D eigenvalue weighted by atomic mass is 16.3. The molecule has 3 rings (SSSR count). The quantitative estimate of drug-likeness (QED) is 0.888. The van der Waals surface area contributed by atoms with Gasteiger partial charge in [-0.2, -0.15) is 5.10 Å². The Kier molecular flexibility index (Phi) is 3.94. The van der Waals surface area contributed by atoms with Crippen LogP contribution < -0.4 is 5.32 Å². The third-order valence-electron chi connectivity index (χ3n) is 3.85. The summed E-state index contributed by atoms with van der Waals surface area (Å²) in [7, 11) is 0. The number of urea groups is 1. The molecule has 2 N–H and O–H groups in total. The zero-order valence-corrected chi connectivity index (χ0v) is 12.1. The van der Waals surface area contributed by atoms with E-state index in [1.807, 2.05) is 24.0 Å². The van der Waals surface area contributed by atoms with Crippen molar-refractivity contribution in [2.45, 2.75) is 38.6 Å². The van der Waals surface area contributed by atoms with Gasteiger partial charge in [-0.15, -0.1) is 0 Å². The molecule has 1 fully saturated rings. The van der Waals surface area contributed by atoms with E-state index >= 15 is 0 Å². The first-order valence-corrected chi connectivity index (χ1v) is 7.37. The Balaban J connectivity index is 1.79. The van der Waals surface area contributed by atoms with E-state index < -0.39 is 0 Å². The summed E-state index contributed by atoms with van der Waals surface area (Å²) in [6.07, 6.45) is 7.48. The van der Waals surface area contributed by atoms with Crippen LogP contribution in [0.2, 0.25) is 0 Å². The third-order valence-corrected chi connectivity index (χ3v) is 3.85. The first-order valence-electron chi connectivity index (χ1n) is 7.37. The van der Waals surface area contributed by atoms with Gasteiger partial charge >= 0.3 is 6.03 Å². The van der Waals surface area contributed by atoms with Crippen LogP contribution in [0.5, 0.6) is 0 Å². The standard InChI is InChI=1S/C15H20N4O2/c1-11-6-7-14(21-11)13-5-3-2-4-8-19(13)15(20)18-12-9-16-17-10-12/h6-7,9-10,13H,2-5,8H2,1H3,(H,16,17)(H,18,20)/t13-/m0/s1. The summed E-state index contributed by atoms with van der Waals surface area (Å²) >= 11 is 0. The number of rotatable bonds is 2. The highest BCUT2D eigenvalue weighted by Crippen LogP contribution is 2.31. The van der Waals surface area contributed by atoms with Crippen molar-refractivity contribution in [3.63, 3.8) is 0 Å². The number of amides is 2. The Morgan fingerprint density at radius 3 is 3.05 bits per heavy atom. The second-order valence-corrected chi connectivity index (χ2v) is 5.42. The lowest BCUT2D eigenvalue weighted by Crippen LogP contribution is -2.37. The third kappa shape index (κ3) is 3.09. The number of anilines is 1. The molecule has 2 amide bonds. The molecular formula is C15H20N4O2. The molecule has 1 saturated heterocycles. The fourth-order valence-corrected chi connectivity index (χ4v) is 2.79. The van der Waals surface area contributed by atoms with Crippen LogP contribution in [0.15, 0.2) is 28.9 Å². The Hall–Kier alpha value is -2.24. The van der Waals surface area contributed by atoms with Crippen molar-refractivity contribution in [1.29, 1.82) is 0 Å². The molecule has 21 heavy (non-hydrogen) atoms. The zero-order valence-electron chi connectivity index (χ0n) is 12.1. The monoisotopic (exact) mass is 288 g/mol. The number of H-pyrrole nitrogens is 1. The van der Waals surface area contributed by atoms with Crippen LogP contribution in [0, 0.1) is 6.92 Å². The number of hydrogen-bond donors (Lipinski definition) is 2. The van der Waals surface area contributed by atoms with E-state index in [-0.39, 0.29) is 12.1 Å². The Morgan fingerprint density at radius 1 is 1.43 bits per heavy atom. The lowest BCUT2D eigenvalue weighted by Gasteiger charge is -2.28. The number of nitrogens with zero attached hydrogens (tertiary/aromatic N) is 2. The summed E-state index contributed by atoms with van der Waals surface area (Å²) in [5, 5.41) is 9.42. The molecule has 1 aliphatic heterocycles. The maximum absolute atomic E-state index is 12.5. The summed E-state index contributed by atoms with van der Waals surface area (Å²) in [5.41, 5.74) is 0.679. The summed E-state index contributed by atoms with van der Waals surface area (Å²) in [4.78, 5) is 14.4. The van der Waals surface area contributed by atoms with Gasteiger partial charge in [0.25, 0.3) is 0 Å². The van der Waals surface area contributed by atoms with Crippen molar-refractivity contribution in [1.82, 2.24) is 15.1 Å². The largest absolute Gasteiger partial charge is 0.464 e. The molecule has 6 nitrogen and oxygen atoms in total. The van der Waals surface area contributed by atoms with Crippen LogP contribution in [0.25, 0.3) is 0 Å². The Bertz CT molecular complexity index is 591. The number of likely N-dealkylation sites (tertiary alicyclic amines) is 1. The minimum atomic E-state index is -0.0997. The molecule has 1 atom stereocenters. The number of nitrogens with one attached hydrogen (secondary N) is 2. The molecule has 6 heteroatoms. The maximum Gasteiger partial charge on any atom is 0.322 e. The summed E-state index contributed by atoms with van der Waals surface area (Å²) in [5.74, 6) is 1.75. The number of aromatic nitrogens is 2. The van der Waals surface area contributed by atoms with Crippen molar-refractivity contribution in [3.8, 4) is 0 Å². The van der Waals surface area contributed by atoms with Crippen LogP contribution in [0.3, 0.4) is 0 Å². The molecule has 3 heterocycles. The van der Waals surface area contributed by atoms with Gasteiger partial charge in [-0.05, 0) is 31.9 Å². The van der Waals surface area contributed by atoms with E-state index in [1.165, 1.54) is 0 Å². The van der Waals surface area contributed by atoms with Gasteiger partial charge in [-0.3, -0.25) is 5.10 Å². The van der Waals surface area contributed by atoms with E-state index in [4.69, 9.17) is 4.42 Å². The van der Waals surface area contributed by atoms with Gasteiger partial charge in [-0.1, -0.05) is 12.8 Å². The SMILES string of the molecule is Cc1ccc([C@@H]2CCCCCN2C(=O)Nc2cn[nH]c2)o1. The van der Waals surface area contributed by atoms with E-state index in [9.17, 15) is 4.79 Å². The van der Waals surface area contributed by atoms with E-state index in [1.54, 1.807) is 12.4 Å². The van der Waals surface area contributed by atoms with Crippen LogP contribution in [-0.2, 0) is 0 Å². The van der Waals surface area contributed by atoms with Crippen LogP contribution >= 0.6 is 0 Å².